The van der Waals surface area contributed by atoms with E-state index < -0.39 is 17.3 Å². The first-order valence-corrected chi connectivity index (χ1v) is 2.52. The molecule has 3 N–H and O–H groups in total. The molecule has 0 saturated carbocycles. The lowest BCUT2D eigenvalue weighted by atomic mass is 10.9. The molecule has 0 aliphatic carbocycles. The minimum absolute atomic E-state index is 0.833. The maximum Gasteiger partial charge on any atom is 0.300 e. The topological polar surface area (TPSA) is 94.8 Å². The van der Waals surface area contributed by atoms with Crippen LogP contribution in [0, 0.1) is 0 Å². The van der Waals surface area contributed by atoms with E-state index in [0.29, 0.717) is 0 Å². The molecule has 0 spiro atoms. The monoisotopic (exact) mass is 142 g/mol. The number of aliphatic carboxylic acids is 1. The highest BCUT2D eigenvalue weighted by atomic mass is 32.2. The SMILES string of the molecule is CC(=O)O.O=S(O)O. The van der Waals surface area contributed by atoms with E-state index >= 15 is 0 Å². The molecular weight excluding hydrogens is 136 g/mol. The van der Waals surface area contributed by atoms with E-state index in [1.54, 1.807) is 0 Å². The quantitative estimate of drug-likeness (QED) is 0.406. The van der Waals surface area contributed by atoms with Gasteiger partial charge in [0.15, 0.2) is 0 Å². The summed E-state index contributed by atoms with van der Waals surface area (Å²) >= 11 is -2.61. The number of rotatable bonds is 0. The molecule has 0 atom stereocenters. The van der Waals surface area contributed by atoms with Gasteiger partial charge in [0, 0.05) is 6.92 Å². The minimum Gasteiger partial charge on any atom is -0.481 e. The summed E-state index contributed by atoms with van der Waals surface area (Å²) in [5.74, 6) is -0.833. The van der Waals surface area contributed by atoms with Crippen molar-refractivity contribution in [1.82, 2.24) is 0 Å². The van der Waals surface area contributed by atoms with E-state index in [1.165, 1.54) is 0 Å². The summed E-state index contributed by atoms with van der Waals surface area (Å²) in [6.45, 7) is 1.08. The lowest BCUT2D eigenvalue weighted by Gasteiger charge is -1.59. The van der Waals surface area contributed by atoms with Gasteiger partial charge >= 0.3 is 0 Å². The van der Waals surface area contributed by atoms with Crippen molar-refractivity contribution in [2.24, 2.45) is 0 Å². The van der Waals surface area contributed by atoms with Gasteiger partial charge in [-0.2, -0.15) is 4.21 Å². The van der Waals surface area contributed by atoms with Gasteiger partial charge in [0.05, 0.1) is 0 Å². The molecular formula is C2H6O5S. The number of hydrogen-bond acceptors (Lipinski definition) is 2. The van der Waals surface area contributed by atoms with Crippen LogP contribution in [0.3, 0.4) is 0 Å². The first-order valence-electron chi connectivity index (χ1n) is 1.46. The van der Waals surface area contributed by atoms with E-state index in [0.717, 1.165) is 6.92 Å². The summed E-state index contributed by atoms with van der Waals surface area (Å²) < 4.78 is 22.8. The Hall–Kier alpha value is -0.460. The van der Waals surface area contributed by atoms with Gasteiger partial charge in [0.1, 0.15) is 0 Å². The van der Waals surface area contributed by atoms with E-state index in [-0.39, 0.29) is 0 Å². The van der Waals surface area contributed by atoms with Crippen molar-refractivity contribution >= 4 is 17.3 Å². The zero-order valence-electron chi connectivity index (χ0n) is 4.07. The van der Waals surface area contributed by atoms with Crippen LogP contribution in [0.1, 0.15) is 6.92 Å². The van der Waals surface area contributed by atoms with E-state index in [2.05, 4.69) is 0 Å². The third-order valence-electron chi connectivity index (χ3n) is 0. The fourth-order valence-corrected chi connectivity index (χ4v) is 0. The van der Waals surface area contributed by atoms with Gasteiger partial charge in [0.2, 0.25) is 0 Å². The molecule has 0 fully saturated rings. The van der Waals surface area contributed by atoms with Crippen LogP contribution in [-0.4, -0.2) is 24.4 Å². The molecule has 0 saturated heterocycles. The third-order valence-corrected chi connectivity index (χ3v) is 0. The first-order chi connectivity index (χ1) is 3.46. The predicted octanol–water partition coefficient (Wildman–Crippen LogP) is -0.228. The first kappa shape index (κ1) is 10.5. The fourth-order valence-electron chi connectivity index (χ4n) is 0. The van der Waals surface area contributed by atoms with Crippen LogP contribution < -0.4 is 0 Å². The Morgan fingerprint density at radius 3 is 1.50 bits per heavy atom. The normalized spacial score (nSPS) is 7.50. The minimum atomic E-state index is -2.61. The molecule has 0 heterocycles. The smallest absolute Gasteiger partial charge is 0.300 e. The second-order valence-electron chi connectivity index (χ2n) is 0.750. The molecule has 6 heteroatoms. The summed E-state index contributed by atoms with van der Waals surface area (Å²) in [5.41, 5.74) is 0. The highest BCUT2D eigenvalue weighted by Crippen LogP contribution is 1.44. The van der Waals surface area contributed by atoms with Crippen LogP contribution >= 0.6 is 0 Å². The third kappa shape index (κ3) is 540. The van der Waals surface area contributed by atoms with Gasteiger partial charge in [-0.15, -0.1) is 0 Å². The summed E-state index contributed by atoms with van der Waals surface area (Å²) in [6.07, 6.45) is 0. The lowest BCUT2D eigenvalue weighted by Crippen LogP contribution is -1.78. The van der Waals surface area contributed by atoms with Crippen molar-refractivity contribution in [2.45, 2.75) is 6.92 Å². The summed E-state index contributed by atoms with van der Waals surface area (Å²) in [5, 5.41) is 7.42. The van der Waals surface area contributed by atoms with Crippen molar-refractivity contribution in [3.63, 3.8) is 0 Å². The predicted molar refractivity (Wildman–Crippen MR) is 26.7 cm³/mol. The van der Waals surface area contributed by atoms with Gasteiger partial charge in [-0.3, -0.25) is 13.9 Å². The Morgan fingerprint density at radius 1 is 1.50 bits per heavy atom. The average molecular weight is 142 g/mol. The zero-order valence-corrected chi connectivity index (χ0v) is 4.88. The maximum absolute atomic E-state index is 9.00. The van der Waals surface area contributed by atoms with E-state index in [9.17, 15) is 0 Å². The molecule has 0 radical (unpaired) electrons. The van der Waals surface area contributed by atoms with Crippen LogP contribution in [0.5, 0.6) is 0 Å². The molecule has 0 bridgehead atoms. The highest BCUT2D eigenvalue weighted by Gasteiger charge is 1.65. The van der Waals surface area contributed by atoms with Gasteiger partial charge in [-0.1, -0.05) is 0 Å². The van der Waals surface area contributed by atoms with Crippen LogP contribution in [0.2, 0.25) is 0 Å². The number of carboxylic acids is 1. The Morgan fingerprint density at radius 2 is 1.50 bits per heavy atom. The summed E-state index contributed by atoms with van der Waals surface area (Å²) in [4.78, 5) is 9.00. The fraction of sp³-hybridized carbons (Fsp3) is 0.500. The average Bonchev–Trinajstić information content (AvgIpc) is 1.25. The molecule has 0 aromatic heterocycles. The molecule has 0 aromatic rings. The zero-order chi connectivity index (χ0) is 7.15. The van der Waals surface area contributed by atoms with Crippen molar-refractivity contribution in [2.75, 3.05) is 0 Å². The second-order valence-corrected chi connectivity index (χ2v) is 1.21. The van der Waals surface area contributed by atoms with E-state index in [4.69, 9.17) is 23.2 Å². The van der Waals surface area contributed by atoms with Crippen LogP contribution in [0.15, 0.2) is 0 Å². The number of carbonyl (C=O) groups is 1. The summed E-state index contributed by atoms with van der Waals surface area (Å²) in [7, 11) is 0. The van der Waals surface area contributed by atoms with Crippen LogP contribution in [0.4, 0.5) is 0 Å². The molecule has 0 aliphatic heterocycles. The van der Waals surface area contributed by atoms with Gasteiger partial charge in [-0.05, 0) is 0 Å². The molecule has 0 amide bonds. The number of carboxylic acid groups (broad SMARTS) is 1. The van der Waals surface area contributed by atoms with E-state index in [1.807, 2.05) is 0 Å². The van der Waals surface area contributed by atoms with Crippen LogP contribution in [-0.2, 0) is 16.2 Å². The highest BCUT2D eigenvalue weighted by molar-refractivity contribution is 7.73. The molecule has 0 aliphatic rings. The Balaban J connectivity index is 0. The molecule has 50 valence electrons. The van der Waals surface area contributed by atoms with Crippen molar-refractivity contribution in [3.8, 4) is 0 Å². The van der Waals surface area contributed by atoms with Crippen molar-refractivity contribution < 1.29 is 23.2 Å². The molecule has 0 aromatic carbocycles. The lowest BCUT2D eigenvalue weighted by molar-refractivity contribution is -0.134. The Kier molecular flexibility index (Phi) is 8.59. The molecule has 5 nitrogen and oxygen atoms in total. The number of hydrogen-bond donors (Lipinski definition) is 3. The Bertz CT molecular complexity index is 68.4. The second kappa shape index (κ2) is 6.54. The van der Waals surface area contributed by atoms with Gasteiger partial charge in [-0.25, -0.2) is 0 Å². The Labute approximate surface area is 48.4 Å². The standard InChI is InChI=1S/C2H4O2.H2O3S/c1-2(3)4;1-4(2)3/h1H3,(H,3,4);(H2,1,2,3). The van der Waals surface area contributed by atoms with Gasteiger partial charge < -0.3 is 5.11 Å². The molecule has 0 rings (SSSR count). The van der Waals surface area contributed by atoms with Crippen molar-refractivity contribution in [3.05, 3.63) is 0 Å². The molecule has 8 heavy (non-hydrogen) atoms. The maximum atomic E-state index is 9.00. The molecule has 0 unspecified atom stereocenters. The van der Waals surface area contributed by atoms with Crippen molar-refractivity contribution in [1.29, 1.82) is 0 Å². The van der Waals surface area contributed by atoms with Gasteiger partial charge in [0.25, 0.3) is 17.3 Å². The largest absolute Gasteiger partial charge is 0.481 e. The van der Waals surface area contributed by atoms with Crippen LogP contribution in [0.25, 0.3) is 0 Å². The summed E-state index contributed by atoms with van der Waals surface area (Å²) in [6, 6.07) is 0.